The molecule has 3 aromatic carbocycles. The van der Waals surface area contributed by atoms with E-state index in [9.17, 15) is 24.0 Å². The topological polar surface area (TPSA) is 364 Å². The SMILES string of the molecule is C.C.CCOC(=O)Cn1nc(I)c2cc(Cl)cnc21.CCOC(=O)Cn1nc(I)c2cccnc21.COc1cc(N2CCN(C(=O)Cn3nc(I)c4cc(Cl)cnc43)CC2)ccc1Cl.COc1cc(N2CCN(C(=O)Cn3ncc4cc(Cl)cnc43)CC2)ccc1Cl.COc1cc(N2CCNCC2)ccc1Cl.O=C(O)Cn1nc(I)c2cc(Cl)cnc21.[Li+].[OH-]. The minimum absolute atomic E-state index is 0. The van der Waals surface area contributed by atoms with E-state index in [0.717, 1.165) is 108 Å². The largest absolute Gasteiger partial charge is 1.00 e. The van der Waals surface area contributed by atoms with Gasteiger partial charge in [0.2, 0.25) is 11.8 Å². The normalized spacial score (nSPS) is 12.8. The quantitative estimate of drug-likeness (QED) is 0.0458. The summed E-state index contributed by atoms with van der Waals surface area (Å²) in [6.07, 6.45) is 9.49. The molecule has 0 bridgehead atoms. The number of nitrogens with one attached hydrogen (secondary N) is 1. The van der Waals surface area contributed by atoms with Gasteiger partial charge in [-0.15, -0.1) is 0 Å². The second-order valence-electron chi connectivity index (χ2n) is 26.0. The molecule has 3 aliphatic rings. The number of anilines is 3. The number of ether oxygens (including phenoxy) is 5. The van der Waals surface area contributed by atoms with E-state index in [1.54, 1.807) is 92.2 Å². The molecule has 16 rings (SSSR count). The molecule has 0 spiro atoms. The molecule has 3 N–H and O–H groups in total. The zero-order valence-corrected chi connectivity index (χ0v) is 80.1. The van der Waals surface area contributed by atoms with Gasteiger partial charge in [-0.25, -0.2) is 48.3 Å². The summed E-state index contributed by atoms with van der Waals surface area (Å²) in [6, 6.07) is 28.2. The molecule has 13 heterocycles. The number of carboxylic acids is 1. The van der Waals surface area contributed by atoms with Crippen molar-refractivity contribution in [2.45, 2.75) is 61.4 Å². The number of nitrogens with zero attached hydrogens (tertiary/aromatic N) is 20. The molecular formula is C79H85Cl7I4LiN21O12. The molecule has 3 fully saturated rings. The Balaban J connectivity index is 0.000000208. The smallest absolute Gasteiger partial charge is 0.870 e. The Morgan fingerprint density at radius 2 is 0.758 bits per heavy atom. The van der Waals surface area contributed by atoms with Crippen LogP contribution >= 0.6 is 172 Å². The maximum Gasteiger partial charge on any atom is 1.00 e. The molecule has 656 valence electrons. The average molecular weight is 2280 g/mol. The Hall–Kier alpha value is -7.62. The minimum atomic E-state index is -0.951. The summed E-state index contributed by atoms with van der Waals surface area (Å²) in [5.41, 5.74) is 6.44. The number of fused-ring (bicyclic) bond motifs is 5. The molecular weight excluding hydrogens is 2200 g/mol. The van der Waals surface area contributed by atoms with Crippen LogP contribution in [0.25, 0.3) is 55.2 Å². The van der Waals surface area contributed by atoms with Crippen LogP contribution in [-0.2, 0) is 66.2 Å². The number of pyridine rings is 5. The van der Waals surface area contributed by atoms with Gasteiger partial charge in [0.15, 0.2) is 28.2 Å². The van der Waals surface area contributed by atoms with E-state index < -0.39 is 5.97 Å². The van der Waals surface area contributed by atoms with Crippen molar-refractivity contribution in [2.75, 3.05) is 128 Å². The maximum atomic E-state index is 12.8. The third-order valence-electron chi connectivity index (χ3n) is 18.3. The number of aromatic nitrogens is 15. The summed E-state index contributed by atoms with van der Waals surface area (Å²) in [4.78, 5) is 90.4. The molecule has 0 aliphatic carbocycles. The van der Waals surface area contributed by atoms with Crippen LogP contribution in [0.3, 0.4) is 0 Å². The monoisotopic (exact) mass is 2280 g/mol. The summed E-state index contributed by atoms with van der Waals surface area (Å²) in [7, 11) is 4.84. The van der Waals surface area contributed by atoms with E-state index in [1.165, 1.54) is 27.4 Å². The third-order valence-corrected chi connectivity index (χ3v) is 23.3. The predicted molar refractivity (Wildman–Crippen MR) is 512 cm³/mol. The molecule has 3 saturated heterocycles. The fourth-order valence-electron chi connectivity index (χ4n) is 12.6. The molecule has 124 heavy (non-hydrogen) atoms. The van der Waals surface area contributed by atoms with Gasteiger partial charge in [-0.05, 0) is 177 Å². The predicted octanol–water partition coefficient (Wildman–Crippen LogP) is 12.3. The van der Waals surface area contributed by atoms with Crippen molar-refractivity contribution in [3.63, 3.8) is 0 Å². The number of benzene rings is 3. The van der Waals surface area contributed by atoms with Crippen molar-refractivity contribution < 1.29 is 77.1 Å². The number of aliphatic carboxylic acids is 1. The van der Waals surface area contributed by atoms with E-state index in [1.807, 2.05) is 105 Å². The number of methoxy groups -OCH3 is 3. The first-order valence-electron chi connectivity index (χ1n) is 36.7. The first kappa shape index (κ1) is 103. The Morgan fingerprint density at radius 3 is 1.14 bits per heavy atom. The second kappa shape index (κ2) is 49.6. The molecule has 0 atom stereocenters. The Labute approximate surface area is 815 Å². The number of carbonyl (C=O) groups is 5. The third kappa shape index (κ3) is 27.5. The molecule has 0 saturated carbocycles. The number of esters is 2. The molecule has 3 aliphatic heterocycles. The van der Waals surface area contributed by atoms with Gasteiger partial charge in [0.05, 0.1) is 97.4 Å². The van der Waals surface area contributed by atoms with E-state index >= 15 is 0 Å². The van der Waals surface area contributed by atoms with Crippen LogP contribution in [0.5, 0.6) is 17.2 Å². The Bertz CT molecular complexity index is 5820. The fourth-order valence-corrected chi connectivity index (χ4v) is 16.5. The van der Waals surface area contributed by atoms with E-state index in [0.29, 0.717) is 118 Å². The van der Waals surface area contributed by atoms with Gasteiger partial charge in [-0.1, -0.05) is 96.1 Å². The van der Waals surface area contributed by atoms with Crippen LogP contribution in [0, 0.1) is 14.8 Å². The summed E-state index contributed by atoms with van der Waals surface area (Å²) in [5, 5.41) is 41.5. The minimum Gasteiger partial charge on any atom is -0.870 e. The number of rotatable bonds is 18. The van der Waals surface area contributed by atoms with Gasteiger partial charge in [-0.3, -0.25) is 24.0 Å². The van der Waals surface area contributed by atoms with E-state index in [2.05, 4.69) is 138 Å². The Kier molecular flexibility index (Phi) is 41.4. The van der Waals surface area contributed by atoms with Crippen LogP contribution in [-0.4, -0.2) is 237 Å². The number of hydrogen-bond acceptors (Lipinski definition) is 25. The molecule has 10 aromatic heterocycles. The van der Waals surface area contributed by atoms with E-state index in [-0.39, 0.29) is 95.7 Å². The van der Waals surface area contributed by atoms with Gasteiger partial charge in [-0.2, -0.15) is 25.5 Å². The summed E-state index contributed by atoms with van der Waals surface area (Å²) >= 11 is 50.2. The fraction of sp³-hybridized carbons (Fsp3) is 0.329. The first-order valence-corrected chi connectivity index (χ1v) is 43.7. The van der Waals surface area contributed by atoms with Crippen LogP contribution in [0.1, 0.15) is 28.7 Å². The number of piperazine rings is 3. The van der Waals surface area contributed by atoms with Crippen LogP contribution in [0.15, 0.2) is 128 Å². The van der Waals surface area contributed by atoms with Crippen LogP contribution < -0.4 is 53.1 Å². The average Bonchev–Trinajstić information content (AvgIpc) is 1.66. The van der Waals surface area contributed by atoms with Gasteiger partial charge in [0, 0.05) is 150 Å². The number of halogens is 11. The molecule has 0 radical (unpaired) electrons. The first-order chi connectivity index (χ1) is 57.7. The zero-order valence-electron chi connectivity index (χ0n) is 66.1. The van der Waals surface area contributed by atoms with Crippen molar-refractivity contribution in [2.24, 2.45) is 0 Å². The number of amides is 2. The van der Waals surface area contributed by atoms with Crippen molar-refractivity contribution in [1.29, 1.82) is 0 Å². The van der Waals surface area contributed by atoms with Gasteiger partial charge < -0.3 is 64.1 Å². The van der Waals surface area contributed by atoms with Gasteiger partial charge >= 0.3 is 36.8 Å². The molecule has 0 unspecified atom stereocenters. The number of carbonyl (C=O) groups excluding carboxylic acids is 4. The number of hydrogen-bond donors (Lipinski definition) is 2. The molecule has 33 nitrogen and oxygen atoms in total. The molecule has 2 amide bonds. The van der Waals surface area contributed by atoms with E-state index in [4.69, 9.17) is 110 Å². The standard InChI is InChI=1S/C19H18Cl2IN5O2.C19H19Cl2N5O2.C11H15ClN2O.C10H9ClIN3O2.C10H10IN3O2.C8H5ClIN3O2.2CH4.Li.H2O/c1-29-16-9-13(2-3-15(16)21)25-4-6-26(7-5-25)17(28)11-27-19-14(18(22)24-27)8-12(20)10-23-19;1-28-17-9-15(2-3-16(17)21)24-4-6-25(7-5-24)18(27)12-26-19-13(10-23-26)8-14(20)11-22-19;1-15-11-8-9(2-3-10(11)12)14-6-4-13-5-7-14;1-2-17-8(16)5-15-10-7(9(12)14-15)3-6(11)4-13-10;1-2-16-8(15)6-14-10-7(9(11)13-14)4-3-5-12-10;9-4-1-5-7(10)12-13(3-6(14)15)8(5)11-2-4;;;;/h2-3,8-10H,4-7,11H2,1H3;2-3,8-11H,4-7,12H2,1H3;2-3,8,13H,4-7H2,1H3;3-4H,2,5H2,1H3;3-5H,2,6H2,1H3;1-2H,3H2,(H,14,15);2*1H4;;1H2/q;;;;;;;;+1;/p-1. The Morgan fingerprint density at radius 1 is 0.419 bits per heavy atom. The molecule has 13 aromatic rings. The van der Waals surface area contributed by atoms with Gasteiger partial charge in [0.25, 0.3) is 0 Å². The van der Waals surface area contributed by atoms with Crippen molar-refractivity contribution >= 4 is 274 Å². The van der Waals surface area contributed by atoms with Crippen LogP contribution in [0.2, 0.25) is 35.2 Å². The molecule has 45 heteroatoms. The second-order valence-corrected chi connectivity index (χ2v) is 33.1. The summed E-state index contributed by atoms with van der Waals surface area (Å²) in [6.45, 7) is 14.2. The van der Waals surface area contributed by atoms with Crippen molar-refractivity contribution in [1.82, 2.24) is 88.9 Å². The summed E-state index contributed by atoms with van der Waals surface area (Å²) < 4.78 is 36.3. The summed E-state index contributed by atoms with van der Waals surface area (Å²) in [5.74, 6) is 0.511. The number of carboxylic acid groups (broad SMARTS) is 1. The van der Waals surface area contributed by atoms with Crippen LogP contribution in [0.4, 0.5) is 17.1 Å². The zero-order chi connectivity index (χ0) is 85.8. The maximum absolute atomic E-state index is 12.8. The van der Waals surface area contributed by atoms with Crippen molar-refractivity contribution in [3.8, 4) is 17.2 Å². The van der Waals surface area contributed by atoms with Crippen molar-refractivity contribution in [3.05, 3.63) is 178 Å². The van der Waals surface area contributed by atoms with Gasteiger partial charge in [0.1, 0.15) is 64.8 Å².